The molecule has 0 spiro atoms. The fraction of sp³-hybridized carbons (Fsp3) is 0.556. The lowest BCUT2D eigenvalue weighted by Gasteiger charge is -2.28. The van der Waals surface area contributed by atoms with Gasteiger partial charge < -0.3 is 10.4 Å². The zero-order valence-corrected chi connectivity index (χ0v) is 15.4. The van der Waals surface area contributed by atoms with Gasteiger partial charge in [0.15, 0.2) is 0 Å². The Morgan fingerprint density at radius 2 is 1.52 bits per heavy atom. The number of benzene rings is 1. The maximum absolute atomic E-state index is 11.8. The van der Waals surface area contributed by atoms with Gasteiger partial charge in [0.2, 0.25) is 5.12 Å². The molecule has 1 amide bonds. The topological polar surface area (TPSA) is 66.4 Å². The first-order valence-corrected chi connectivity index (χ1v) is 8.60. The number of aromatic hydroxyl groups is 1. The van der Waals surface area contributed by atoms with Crippen LogP contribution >= 0.6 is 11.8 Å². The average Bonchev–Trinajstić information content (AvgIpc) is 2.67. The molecule has 0 aromatic heterocycles. The van der Waals surface area contributed by atoms with Crippen LogP contribution in [0.1, 0.15) is 58.2 Å². The number of hydrogen-bond acceptors (Lipinski definition) is 4. The van der Waals surface area contributed by atoms with Crippen LogP contribution in [-0.4, -0.2) is 21.5 Å². The van der Waals surface area contributed by atoms with Crippen LogP contribution in [0.3, 0.4) is 0 Å². The van der Waals surface area contributed by atoms with Crippen LogP contribution in [0.25, 0.3) is 0 Å². The maximum atomic E-state index is 11.8. The lowest BCUT2D eigenvalue weighted by atomic mass is 9.78. The van der Waals surface area contributed by atoms with Crippen molar-refractivity contribution >= 4 is 22.1 Å². The van der Waals surface area contributed by atoms with E-state index in [9.17, 15) is 14.7 Å². The van der Waals surface area contributed by atoms with Crippen molar-refractivity contribution < 1.29 is 14.7 Å². The third kappa shape index (κ3) is 3.89. The summed E-state index contributed by atoms with van der Waals surface area (Å²) in [6.45, 7) is 12.3. The van der Waals surface area contributed by atoms with E-state index >= 15 is 0 Å². The van der Waals surface area contributed by atoms with Crippen molar-refractivity contribution in [1.29, 1.82) is 0 Å². The second kappa shape index (κ2) is 5.86. The number of phenolic OH excluding ortho intramolecular Hbond substituents is 1. The summed E-state index contributed by atoms with van der Waals surface area (Å²) in [4.78, 5) is 23.2. The van der Waals surface area contributed by atoms with Gasteiger partial charge in [-0.2, -0.15) is 0 Å². The highest BCUT2D eigenvalue weighted by Gasteiger charge is 2.33. The standard InChI is InChI=1S/C18H25NO3S/c1-17(2,3)11-7-10(8-12(14(11)20)18(4,5)6)9-13-15(21)23-16(22)19-13/h7-8,13,20H,9H2,1-6H3,(H,19,22). The van der Waals surface area contributed by atoms with Gasteiger partial charge in [-0.1, -0.05) is 53.7 Å². The van der Waals surface area contributed by atoms with E-state index in [-0.39, 0.29) is 21.2 Å². The highest BCUT2D eigenvalue weighted by Crippen LogP contribution is 2.40. The van der Waals surface area contributed by atoms with E-state index in [4.69, 9.17) is 0 Å². The molecule has 126 valence electrons. The lowest BCUT2D eigenvalue weighted by molar-refractivity contribution is -0.112. The fourth-order valence-electron chi connectivity index (χ4n) is 2.72. The molecule has 1 aromatic rings. The summed E-state index contributed by atoms with van der Waals surface area (Å²) < 4.78 is 0. The third-order valence-corrected chi connectivity index (χ3v) is 4.78. The quantitative estimate of drug-likeness (QED) is 0.861. The van der Waals surface area contributed by atoms with Crippen LogP contribution in [-0.2, 0) is 22.0 Å². The Labute approximate surface area is 142 Å². The van der Waals surface area contributed by atoms with E-state index < -0.39 is 6.04 Å². The van der Waals surface area contributed by atoms with Gasteiger partial charge in [0.25, 0.3) is 5.24 Å². The first-order chi connectivity index (χ1) is 10.4. The van der Waals surface area contributed by atoms with E-state index in [0.717, 1.165) is 28.5 Å². The van der Waals surface area contributed by atoms with E-state index in [1.807, 2.05) is 12.1 Å². The van der Waals surface area contributed by atoms with Crippen molar-refractivity contribution in [2.75, 3.05) is 0 Å². The smallest absolute Gasteiger partial charge is 0.287 e. The van der Waals surface area contributed by atoms with Gasteiger partial charge in [-0.15, -0.1) is 0 Å². The third-order valence-electron chi connectivity index (χ3n) is 4.00. The highest BCUT2D eigenvalue weighted by atomic mass is 32.2. The van der Waals surface area contributed by atoms with Crippen LogP contribution in [0.5, 0.6) is 5.75 Å². The van der Waals surface area contributed by atoms with E-state index in [1.54, 1.807) is 0 Å². The van der Waals surface area contributed by atoms with Gasteiger partial charge in [0.05, 0.1) is 0 Å². The van der Waals surface area contributed by atoms with Gasteiger partial charge in [-0.25, -0.2) is 0 Å². The summed E-state index contributed by atoms with van der Waals surface area (Å²) in [6, 6.07) is 3.41. The number of thioether (sulfide) groups is 1. The SMILES string of the molecule is CC(C)(C)c1cc(CC2NC(=O)SC2=O)cc(C(C)(C)C)c1O. The molecule has 1 fully saturated rings. The molecule has 1 saturated heterocycles. The monoisotopic (exact) mass is 335 g/mol. The molecule has 0 saturated carbocycles. The lowest BCUT2D eigenvalue weighted by Crippen LogP contribution is -2.31. The molecule has 2 N–H and O–H groups in total. The van der Waals surface area contributed by atoms with Crippen LogP contribution in [0, 0.1) is 0 Å². The zero-order valence-electron chi connectivity index (χ0n) is 14.6. The largest absolute Gasteiger partial charge is 0.507 e. The van der Waals surface area contributed by atoms with Crippen molar-refractivity contribution in [2.45, 2.75) is 64.8 Å². The molecule has 1 aromatic carbocycles. The van der Waals surface area contributed by atoms with Crippen molar-refractivity contribution in [3.63, 3.8) is 0 Å². The van der Waals surface area contributed by atoms with Crippen LogP contribution < -0.4 is 5.32 Å². The number of hydrogen-bond donors (Lipinski definition) is 2. The predicted molar refractivity (Wildman–Crippen MR) is 94.1 cm³/mol. The molecule has 1 aliphatic heterocycles. The fourth-order valence-corrected chi connectivity index (χ4v) is 3.39. The first kappa shape index (κ1) is 17.9. The van der Waals surface area contributed by atoms with E-state index in [1.165, 1.54) is 0 Å². The Hall–Kier alpha value is -1.49. The van der Waals surface area contributed by atoms with Crippen molar-refractivity contribution in [1.82, 2.24) is 5.32 Å². The molecule has 0 aliphatic carbocycles. The van der Waals surface area contributed by atoms with Gasteiger partial charge in [-0.3, -0.25) is 9.59 Å². The minimum atomic E-state index is -0.488. The predicted octanol–water partition coefficient (Wildman–Crippen LogP) is 3.88. The molecule has 2 rings (SSSR count). The molecule has 0 radical (unpaired) electrons. The molecule has 4 nitrogen and oxygen atoms in total. The Morgan fingerprint density at radius 1 is 1.04 bits per heavy atom. The molecule has 1 atom stereocenters. The van der Waals surface area contributed by atoms with Crippen LogP contribution in [0.4, 0.5) is 4.79 Å². The summed E-state index contributed by atoms with van der Waals surface area (Å²) in [6.07, 6.45) is 0.448. The summed E-state index contributed by atoms with van der Waals surface area (Å²) in [5, 5.41) is 13.0. The number of rotatable bonds is 2. The minimum Gasteiger partial charge on any atom is -0.507 e. The van der Waals surface area contributed by atoms with Gasteiger partial charge in [0, 0.05) is 18.2 Å². The summed E-state index contributed by atoms with van der Waals surface area (Å²) in [7, 11) is 0. The molecule has 0 bridgehead atoms. The Kier molecular flexibility index (Phi) is 4.55. The second-order valence-electron chi connectivity index (χ2n) is 8.15. The Morgan fingerprint density at radius 3 is 1.87 bits per heavy atom. The highest BCUT2D eigenvalue weighted by molar-refractivity contribution is 8.26. The molecule has 1 unspecified atom stereocenters. The first-order valence-electron chi connectivity index (χ1n) is 7.78. The van der Waals surface area contributed by atoms with E-state index in [2.05, 4.69) is 46.9 Å². The molecular weight excluding hydrogens is 310 g/mol. The number of amides is 1. The molecule has 5 heteroatoms. The Bertz CT molecular complexity index is 618. The van der Waals surface area contributed by atoms with Gasteiger partial charge in [-0.05, 0) is 27.5 Å². The van der Waals surface area contributed by atoms with Gasteiger partial charge >= 0.3 is 0 Å². The molecular formula is C18H25NO3S. The normalized spacial score (nSPS) is 19.1. The number of nitrogens with one attached hydrogen (secondary N) is 1. The molecule has 23 heavy (non-hydrogen) atoms. The summed E-state index contributed by atoms with van der Waals surface area (Å²) in [5.74, 6) is 0.324. The average molecular weight is 335 g/mol. The van der Waals surface area contributed by atoms with Crippen molar-refractivity contribution in [2.24, 2.45) is 0 Å². The number of phenols is 1. The van der Waals surface area contributed by atoms with E-state index in [0.29, 0.717) is 12.2 Å². The van der Waals surface area contributed by atoms with Crippen LogP contribution in [0.2, 0.25) is 0 Å². The maximum Gasteiger partial charge on any atom is 0.287 e. The molecule has 1 heterocycles. The Balaban J connectivity index is 2.48. The number of carbonyl (C=O) groups excluding carboxylic acids is 2. The van der Waals surface area contributed by atoms with Crippen LogP contribution in [0.15, 0.2) is 12.1 Å². The summed E-state index contributed by atoms with van der Waals surface area (Å²) in [5.41, 5.74) is 2.27. The summed E-state index contributed by atoms with van der Waals surface area (Å²) >= 11 is 0.732. The van der Waals surface area contributed by atoms with Crippen molar-refractivity contribution in [3.8, 4) is 5.75 Å². The minimum absolute atomic E-state index is 0.141. The van der Waals surface area contributed by atoms with Gasteiger partial charge in [0.1, 0.15) is 11.8 Å². The zero-order chi connectivity index (χ0) is 17.6. The number of carbonyl (C=O) groups is 2. The molecule has 1 aliphatic rings. The second-order valence-corrected chi connectivity index (χ2v) is 9.13. The van der Waals surface area contributed by atoms with Crippen molar-refractivity contribution in [3.05, 3.63) is 28.8 Å².